The molecule has 0 bridgehead atoms. The van der Waals surface area contributed by atoms with Crippen LogP contribution in [-0.4, -0.2) is 37.0 Å². The number of likely N-dealkylation sites (tertiary alicyclic amines) is 1. The van der Waals surface area contributed by atoms with Crippen molar-refractivity contribution in [2.24, 2.45) is 4.99 Å². The molecule has 5 nitrogen and oxygen atoms in total. The number of piperidine rings is 1. The molecule has 0 radical (unpaired) electrons. The predicted molar refractivity (Wildman–Crippen MR) is 117 cm³/mol. The Morgan fingerprint density at radius 3 is 2.79 bits per heavy atom. The molecule has 2 aromatic heterocycles. The zero-order valence-corrected chi connectivity index (χ0v) is 17.4. The van der Waals surface area contributed by atoms with E-state index >= 15 is 0 Å². The zero-order valence-electron chi connectivity index (χ0n) is 16.6. The number of hydrogen-bond donors (Lipinski definition) is 2. The Kier molecular flexibility index (Phi) is 5.98. The number of para-hydroxylation sites is 1. The van der Waals surface area contributed by atoms with E-state index in [1.165, 1.54) is 16.5 Å². The molecule has 1 fully saturated rings. The van der Waals surface area contributed by atoms with Crippen molar-refractivity contribution in [2.45, 2.75) is 38.9 Å². The van der Waals surface area contributed by atoms with Gasteiger partial charge in [-0.25, -0.2) is 0 Å². The largest absolute Gasteiger partial charge is 0.459 e. The van der Waals surface area contributed by atoms with E-state index in [1.54, 1.807) is 11.3 Å². The molecule has 6 heteroatoms. The number of benzene rings is 1. The van der Waals surface area contributed by atoms with Crippen LogP contribution in [0.25, 0.3) is 11.0 Å². The van der Waals surface area contributed by atoms with Crippen molar-refractivity contribution >= 4 is 28.3 Å². The van der Waals surface area contributed by atoms with Crippen LogP contribution in [-0.2, 0) is 13.1 Å². The fourth-order valence-corrected chi connectivity index (χ4v) is 4.48. The lowest BCUT2D eigenvalue weighted by Crippen LogP contribution is -2.48. The number of furan rings is 1. The average molecular weight is 397 g/mol. The molecule has 0 unspecified atom stereocenters. The van der Waals surface area contributed by atoms with Gasteiger partial charge in [0.2, 0.25) is 0 Å². The van der Waals surface area contributed by atoms with Crippen LogP contribution in [0.1, 0.15) is 29.7 Å². The minimum Gasteiger partial charge on any atom is -0.459 e. The minimum atomic E-state index is 0.460. The smallest absolute Gasteiger partial charge is 0.191 e. The predicted octanol–water partition coefficient (Wildman–Crippen LogP) is 4.13. The van der Waals surface area contributed by atoms with Crippen molar-refractivity contribution in [3.63, 3.8) is 0 Å². The molecule has 0 atom stereocenters. The van der Waals surface area contributed by atoms with Gasteiger partial charge in [0, 0.05) is 43.7 Å². The van der Waals surface area contributed by atoms with Crippen LogP contribution in [0.3, 0.4) is 0 Å². The normalized spacial score (nSPS) is 16.6. The van der Waals surface area contributed by atoms with Crippen LogP contribution in [0.2, 0.25) is 0 Å². The Morgan fingerprint density at radius 2 is 2.07 bits per heavy atom. The number of nitrogens with one attached hydrogen (secondary N) is 2. The minimum absolute atomic E-state index is 0.460. The number of thiophene rings is 1. The highest BCUT2D eigenvalue weighted by molar-refractivity contribution is 7.07. The fraction of sp³-hybridized carbons (Fsp3) is 0.409. The molecule has 28 heavy (non-hydrogen) atoms. The van der Waals surface area contributed by atoms with E-state index in [4.69, 9.17) is 4.42 Å². The molecule has 1 aliphatic rings. The van der Waals surface area contributed by atoms with E-state index in [2.05, 4.69) is 50.3 Å². The first-order valence-corrected chi connectivity index (χ1v) is 10.8. The maximum atomic E-state index is 6.00. The van der Waals surface area contributed by atoms with E-state index in [-0.39, 0.29) is 0 Å². The second-order valence-corrected chi connectivity index (χ2v) is 8.18. The number of rotatable bonds is 5. The third-order valence-corrected chi connectivity index (χ3v) is 6.23. The summed E-state index contributed by atoms with van der Waals surface area (Å²) >= 11 is 1.78. The van der Waals surface area contributed by atoms with Gasteiger partial charge in [0.25, 0.3) is 0 Å². The Bertz CT molecular complexity index is 923. The topological polar surface area (TPSA) is 52.8 Å². The Labute approximate surface area is 170 Å². The molecule has 0 saturated carbocycles. The molecule has 148 valence electrons. The molecule has 3 aromatic rings. The van der Waals surface area contributed by atoms with Gasteiger partial charge in [0.05, 0.1) is 6.54 Å². The molecule has 0 spiro atoms. The van der Waals surface area contributed by atoms with Crippen LogP contribution in [0.15, 0.2) is 50.5 Å². The van der Waals surface area contributed by atoms with Crippen LogP contribution in [0, 0.1) is 6.92 Å². The SMILES string of the molecule is CN=C(NCc1oc2ccccc2c1C)NC1CCN(Cc2ccsc2)CC1. The van der Waals surface area contributed by atoms with E-state index in [0.29, 0.717) is 12.6 Å². The Balaban J connectivity index is 1.27. The standard InChI is InChI=1S/C22H28N4OS/c1-16-19-5-3-4-6-20(19)27-21(16)13-24-22(23-2)25-18-7-10-26(11-8-18)14-17-9-12-28-15-17/h3-6,9,12,15,18H,7-8,10-11,13-14H2,1-2H3,(H2,23,24,25). The highest BCUT2D eigenvalue weighted by Gasteiger charge is 2.20. The average Bonchev–Trinajstić information content (AvgIpc) is 3.35. The van der Waals surface area contributed by atoms with Crippen molar-refractivity contribution in [3.05, 3.63) is 58.0 Å². The van der Waals surface area contributed by atoms with Crippen LogP contribution in [0.4, 0.5) is 0 Å². The molecule has 1 aliphatic heterocycles. The first-order valence-electron chi connectivity index (χ1n) is 9.90. The quantitative estimate of drug-likeness (QED) is 0.503. The van der Waals surface area contributed by atoms with Gasteiger partial charge in [-0.1, -0.05) is 18.2 Å². The molecular weight excluding hydrogens is 368 g/mol. The summed E-state index contributed by atoms with van der Waals surface area (Å²) < 4.78 is 6.00. The highest BCUT2D eigenvalue weighted by Crippen LogP contribution is 2.24. The maximum Gasteiger partial charge on any atom is 0.191 e. The van der Waals surface area contributed by atoms with E-state index in [0.717, 1.165) is 49.8 Å². The number of nitrogens with zero attached hydrogens (tertiary/aromatic N) is 2. The lowest BCUT2D eigenvalue weighted by molar-refractivity contribution is 0.198. The summed E-state index contributed by atoms with van der Waals surface area (Å²) in [4.78, 5) is 6.94. The molecule has 0 aliphatic carbocycles. The Hall–Kier alpha value is -2.31. The summed E-state index contributed by atoms with van der Waals surface area (Å²) in [6.45, 7) is 6.05. The first-order chi connectivity index (χ1) is 13.7. The number of fused-ring (bicyclic) bond motifs is 1. The van der Waals surface area contributed by atoms with Gasteiger partial charge in [-0.05, 0) is 48.2 Å². The monoisotopic (exact) mass is 396 g/mol. The number of hydrogen-bond acceptors (Lipinski definition) is 4. The van der Waals surface area contributed by atoms with Crippen molar-refractivity contribution in [1.82, 2.24) is 15.5 Å². The molecule has 1 saturated heterocycles. The van der Waals surface area contributed by atoms with Crippen molar-refractivity contribution < 1.29 is 4.42 Å². The van der Waals surface area contributed by atoms with Crippen LogP contribution in [0.5, 0.6) is 0 Å². The molecular formula is C22H28N4OS. The summed E-state index contributed by atoms with van der Waals surface area (Å²) in [5.74, 6) is 1.81. The van der Waals surface area contributed by atoms with E-state index < -0.39 is 0 Å². The second kappa shape index (κ2) is 8.80. The number of aryl methyl sites for hydroxylation is 1. The van der Waals surface area contributed by atoms with Crippen LogP contribution < -0.4 is 10.6 Å². The van der Waals surface area contributed by atoms with Crippen molar-refractivity contribution in [3.8, 4) is 0 Å². The fourth-order valence-electron chi connectivity index (χ4n) is 3.82. The number of aliphatic imine (C=N–C) groups is 1. The molecule has 0 amide bonds. The molecule has 3 heterocycles. The van der Waals surface area contributed by atoms with Gasteiger partial charge in [-0.2, -0.15) is 11.3 Å². The molecule has 1 aromatic carbocycles. The van der Waals surface area contributed by atoms with E-state index in [9.17, 15) is 0 Å². The summed E-state index contributed by atoms with van der Waals surface area (Å²) in [6, 6.07) is 10.9. The molecule has 2 N–H and O–H groups in total. The lowest BCUT2D eigenvalue weighted by atomic mass is 10.0. The van der Waals surface area contributed by atoms with Crippen molar-refractivity contribution in [1.29, 1.82) is 0 Å². The summed E-state index contributed by atoms with van der Waals surface area (Å²) in [7, 11) is 1.83. The Morgan fingerprint density at radius 1 is 1.25 bits per heavy atom. The maximum absolute atomic E-state index is 6.00. The third-order valence-electron chi connectivity index (χ3n) is 5.50. The van der Waals surface area contributed by atoms with E-state index in [1.807, 2.05) is 25.2 Å². The summed E-state index contributed by atoms with van der Waals surface area (Å²) in [5, 5.41) is 12.6. The molecule has 4 rings (SSSR count). The van der Waals surface area contributed by atoms with Crippen LogP contribution >= 0.6 is 11.3 Å². The van der Waals surface area contributed by atoms with Gasteiger partial charge in [-0.3, -0.25) is 9.89 Å². The highest BCUT2D eigenvalue weighted by atomic mass is 32.1. The summed E-state index contributed by atoms with van der Waals surface area (Å²) in [6.07, 6.45) is 2.27. The second-order valence-electron chi connectivity index (χ2n) is 7.40. The third kappa shape index (κ3) is 4.39. The summed E-state index contributed by atoms with van der Waals surface area (Å²) in [5.41, 5.74) is 3.56. The lowest BCUT2D eigenvalue weighted by Gasteiger charge is -2.32. The number of guanidine groups is 1. The van der Waals surface area contributed by atoms with Gasteiger partial charge >= 0.3 is 0 Å². The van der Waals surface area contributed by atoms with Gasteiger partial charge in [0.15, 0.2) is 5.96 Å². The zero-order chi connectivity index (χ0) is 19.3. The first kappa shape index (κ1) is 19.0. The van der Waals surface area contributed by atoms with Gasteiger partial charge in [0.1, 0.15) is 11.3 Å². The van der Waals surface area contributed by atoms with Crippen molar-refractivity contribution in [2.75, 3.05) is 20.1 Å². The van der Waals surface area contributed by atoms with Gasteiger partial charge < -0.3 is 15.1 Å². The van der Waals surface area contributed by atoms with Gasteiger partial charge in [-0.15, -0.1) is 0 Å².